The second-order valence-electron chi connectivity index (χ2n) is 4.95. The van der Waals surface area contributed by atoms with Crippen LogP contribution in [0, 0.1) is 0 Å². The average molecular weight is 410 g/mol. The summed E-state index contributed by atoms with van der Waals surface area (Å²) in [4.78, 5) is 26.5. The number of allylic oxidation sites excluding steroid dienone is 1. The van der Waals surface area contributed by atoms with Gasteiger partial charge < -0.3 is 9.84 Å². The molecule has 1 saturated heterocycles. The van der Waals surface area contributed by atoms with E-state index >= 15 is 0 Å². The van der Waals surface area contributed by atoms with E-state index in [1.54, 1.807) is 22.6 Å². The zero-order valence-electron chi connectivity index (χ0n) is 10.9. The number of hydrogen-bond donors (Lipinski definition) is 1. The first-order valence-corrected chi connectivity index (χ1v) is 7.50. The standard InChI is InChI=1S/C11H12FIN4O4/c1-10(12)8(20)11(5-13,15-16-14)21-9(10)17-3-2-6(18)4-7(17)19/h2-3,8-9,20H,4-5H2,1H3/t8-,9+,10+,11+/m0/s1. The van der Waals surface area contributed by atoms with Crippen LogP contribution in [0.25, 0.3) is 10.4 Å². The number of alkyl halides is 2. The molecule has 10 heteroatoms. The zero-order chi connectivity index (χ0) is 15.8. The summed E-state index contributed by atoms with van der Waals surface area (Å²) in [5.41, 5.74) is 4.43. The van der Waals surface area contributed by atoms with Crippen LogP contribution >= 0.6 is 22.6 Å². The highest BCUT2D eigenvalue weighted by molar-refractivity contribution is 14.1. The topological polar surface area (TPSA) is 116 Å². The molecule has 8 nitrogen and oxygen atoms in total. The molecule has 0 spiro atoms. The maximum Gasteiger partial charge on any atom is 0.236 e. The minimum Gasteiger partial charge on any atom is -0.386 e. The second-order valence-corrected chi connectivity index (χ2v) is 5.71. The van der Waals surface area contributed by atoms with Gasteiger partial charge in [0.25, 0.3) is 0 Å². The molecule has 21 heavy (non-hydrogen) atoms. The van der Waals surface area contributed by atoms with Crippen LogP contribution in [-0.4, -0.2) is 49.9 Å². The summed E-state index contributed by atoms with van der Waals surface area (Å²) in [5.74, 6) is -1.04. The third-order valence-corrected chi connectivity index (χ3v) is 4.55. The number of halogens is 2. The van der Waals surface area contributed by atoms with Gasteiger partial charge in [-0.3, -0.25) is 14.5 Å². The fourth-order valence-corrected chi connectivity index (χ4v) is 3.07. The predicted molar refractivity (Wildman–Crippen MR) is 76.8 cm³/mol. The molecule has 2 aliphatic heterocycles. The highest BCUT2D eigenvalue weighted by Crippen LogP contribution is 2.45. The van der Waals surface area contributed by atoms with Crippen molar-refractivity contribution in [1.29, 1.82) is 0 Å². The van der Waals surface area contributed by atoms with Crippen molar-refractivity contribution in [3.05, 3.63) is 22.7 Å². The number of amides is 1. The Kier molecular flexibility index (Phi) is 4.24. The van der Waals surface area contributed by atoms with Crippen molar-refractivity contribution in [2.45, 2.75) is 37.1 Å². The number of azide groups is 1. The van der Waals surface area contributed by atoms with E-state index in [4.69, 9.17) is 10.3 Å². The van der Waals surface area contributed by atoms with Gasteiger partial charge in [0.2, 0.25) is 5.91 Å². The van der Waals surface area contributed by atoms with Crippen LogP contribution in [0.3, 0.4) is 0 Å². The monoisotopic (exact) mass is 410 g/mol. The van der Waals surface area contributed by atoms with Crippen LogP contribution < -0.4 is 0 Å². The number of carbonyl (C=O) groups is 2. The summed E-state index contributed by atoms with van der Waals surface area (Å²) >= 11 is 1.79. The van der Waals surface area contributed by atoms with Gasteiger partial charge in [-0.05, 0) is 18.5 Å². The molecule has 1 fully saturated rings. The second kappa shape index (κ2) is 5.52. The molecular formula is C11H12FIN4O4. The molecule has 0 radical (unpaired) electrons. The van der Waals surface area contributed by atoms with E-state index in [1.807, 2.05) is 0 Å². The first-order valence-electron chi connectivity index (χ1n) is 5.97. The van der Waals surface area contributed by atoms with Crippen molar-refractivity contribution in [3.63, 3.8) is 0 Å². The molecule has 2 aliphatic rings. The highest BCUT2D eigenvalue weighted by Gasteiger charge is 2.64. The first-order chi connectivity index (χ1) is 9.78. The van der Waals surface area contributed by atoms with Gasteiger partial charge in [-0.2, -0.15) is 0 Å². The van der Waals surface area contributed by atoms with Crippen molar-refractivity contribution in [3.8, 4) is 0 Å². The number of rotatable bonds is 3. The van der Waals surface area contributed by atoms with Crippen LogP contribution in [0.15, 0.2) is 17.4 Å². The third-order valence-electron chi connectivity index (χ3n) is 3.45. The maximum absolute atomic E-state index is 14.9. The highest BCUT2D eigenvalue weighted by atomic mass is 127. The SMILES string of the molecule is C[C@]1(F)[C@H](N2C=CC(=O)CC2=O)O[C@@](CI)(N=[N+]=[N-])[C@H]1O. The van der Waals surface area contributed by atoms with Gasteiger partial charge in [0.1, 0.15) is 6.10 Å². The number of hydrogen-bond acceptors (Lipinski definition) is 5. The van der Waals surface area contributed by atoms with E-state index in [9.17, 15) is 19.1 Å². The van der Waals surface area contributed by atoms with Crippen LogP contribution in [0.2, 0.25) is 0 Å². The molecule has 0 aliphatic carbocycles. The van der Waals surface area contributed by atoms with Crippen molar-refractivity contribution in [2.24, 2.45) is 5.11 Å². The molecule has 114 valence electrons. The number of carbonyl (C=O) groups excluding carboxylic acids is 2. The Morgan fingerprint density at radius 1 is 1.71 bits per heavy atom. The van der Waals surface area contributed by atoms with Gasteiger partial charge >= 0.3 is 0 Å². The predicted octanol–water partition coefficient (Wildman–Crippen LogP) is 1.19. The van der Waals surface area contributed by atoms with Crippen LogP contribution in [-0.2, 0) is 14.3 Å². The van der Waals surface area contributed by atoms with E-state index in [0.29, 0.717) is 0 Å². The van der Waals surface area contributed by atoms with Crippen molar-refractivity contribution >= 4 is 34.3 Å². The van der Waals surface area contributed by atoms with E-state index in [1.165, 1.54) is 0 Å². The Labute approximate surface area is 132 Å². The summed E-state index contributed by atoms with van der Waals surface area (Å²) in [6.45, 7) is 1.06. The molecule has 2 heterocycles. The third kappa shape index (κ3) is 2.52. The lowest BCUT2D eigenvalue weighted by atomic mass is 9.95. The summed E-state index contributed by atoms with van der Waals surface area (Å²) in [5, 5.41) is 13.5. The van der Waals surface area contributed by atoms with Gasteiger partial charge in [-0.1, -0.05) is 27.7 Å². The summed E-state index contributed by atoms with van der Waals surface area (Å²) < 4.78 is 20.3. The number of aliphatic hydroxyl groups excluding tert-OH is 1. The normalized spacial score (nSPS) is 39.5. The smallest absolute Gasteiger partial charge is 0.236 e. The Hall–Kier alpha value is -1.23. The summed E-state index contributed by atoms with van der Waals surface area (Å²) in [6, 6.07) is 0. The number of nitrogens with zero attached hydrogens (tertiary/aromatic N) is 4. The van der Waals surface area contributed by atoms with Crippen LogP contribution in [0.5, 0.6) is 0 Å². The zero-order valence-corrected chi connectivity index (χ0v) is 13.1. The molecule has 4 atom stereocenters. The quantitative estimate of drug-likeness (QED) is 0.188. The van der Waals surface area contributed by atoms with Gasteiger partial charge in [0.15, 0.2) is 23.4 Å². The number of ketones is 1. The van der Waals surface area contributed by atoms with Crippen LogP contribution in [0.1, 0.15) is 13.3 Å². The Bertz CT molecular complexity index is 562. The average Bonchev–Trinajstić information content (AvgIpc) is 2.61. The molecule has 0 bridgehead atoms. The number of ether oxygens (including phenoxy) is 1. The molecule has 0 unspecified atom stereocenters. The largest absolute Gasteiger partial charge is 0.386 e. The minimum atomic E-state index is -2.36. The molecule has 0 aromatic carbocycles. The Morgan fingerprint density at radius 2 is 2.38 bits per heavy atom. The first kappa shape index (κ1) is 16.1. The van der Waals surface area contributed by atoms with Crippen LogP contribution in [0.4, 0.5) is 4.39 Å². The lowest BCUT2D eigenvalue weighted by molar-refractivity contribution is -0.154. The minimum absolute atomic E-state index is 0.00330. The Morgan fingerprint density at radius 3 is 2.90 bits per heavy atom. The van der Waals surface area contributed by atoms with E-state index in [2.05, 4.69) is 10.0 Å². The van der Waals surface area contributed by atoms with Crippen molar-refractivity contribution < 1.29 is 23.8 Å². The fourth-order valence-electron chi connectivity index (χ4n) is 2.32. The number of aliphatic hydroxyl groups is 1. The van der Waals surface area contributed by atoms with Gasteiger partial charge in [-0.25, -0.2) is 4.39 Å². The molecule has 2 rings (SSSR count). The van der Waals surface area contributed by atoms with E-state index in [-0.39, 0.29) is 4.43 Å². The summed E-state index contributed by atoms with van der Waals surface area (Å²) in [6.07, 6.45) is -1.39. The molecular weight excluding hydrogens is 398 g/mol. The van der Waals surface area contributed by atoms with Crippen molar-refractivity contribution in [1.82, 2.24) is 4.90 Å². The molecule has 1 N–H and O–H groups in total. The van der Waals surface area contributed by atoms with E-state index < -0.39 is 41.8 Å². The molecule has 0 aromatic rings. The van der Waals surface area contributed by atoms with Gasteiger partial charge in [0.05, 0.1) is 6.42 Å². The van der Waals surface area contributed by atoms with Gasteiger partial charge in [0, 0.05) is 15.5 Å². The molecule has 0 saturated carbocycles. The van der Waals surface area contributed by atoms with Gasteiger partial charge in [-0.15, -0.1) is 0 Å². The lowest BCUT2D eigenvalue weighted by Crippen LogP contribution is -2.52. The lowest BCUT2D eigenvalue weighted by Gasteiger charge is -2.32. The van der Waals surface area contributed by atoms with E-state index in [0.717, 1.165) is 24.1 Å². The molecule has 0 aromatic heterocycles. The van der Waals surface area contributed by atoms with Crippen molar-refractivity contribution in [2.75, 3.05) is 4.43 Å². The maximum atomic E-state index is 14.9. The Balaban J connectivity index is 2.41. The molecule has 1 amide bonds. The summed E-state index contributed by atoms with van der Waals surface area (Å²) in [7, 11) is 0. The fraction of sp³-hybridized carbons (Fsp3) is 0.636.